The lowest BCUT2D eigenvalue weighted by atomic mass is 10.3. The molecule has 2 aromatic rings. The van der Waals surface area contributed by atoms with Crippen LogP contribution in [0.3, 0.4) is 0 Å². The summed E-state index contributed by atoms with van der Waals surface area (Å²) in [5, 5.41) is 0. The van der Waals surface area contributed by atoms with Crippen LogP contribution in [-0.2, 0) is 9.47 Å². The summed E-state index contributed by atoms with van der Waals surface area (Å²) < 4.78 is 11.3. The summed E-state index contributed by atoms with van der Waals surface area (Å²) in [6.45, 7) is 4.17. The highest BCUT2D eigenvalue weighted by molar-refractivity contribution is 9.13. The first-order valence-electron chi connectivity index (χ1n) is 7.33. The van der Waals surface area contributed by atoms with Crippen molar-refractivity contribution in [3.8, 4) is 0 Å². The fourth-order valence-electron chi connectivity index (χ4n) is 1.54. The number of aromatic nitrogens is 2. The van der Waals surface area contributed by atoms with Gasteiger partial charge in [-0.1, -0.05) is 0 Å². The van der Waals surface area contributed by atoms with Crippen LogP contribution >= 0.6 is 47.8 Å². The van der Waals surface area contributed by atoms with Gasteiger partial charge in [0.25, 0.3) is 5.56 Å². The fourth-order valence-corrected chi connectivity index (χ4v) is 2.46. The van der Waals surface area contributed by atoms with Crippen LogP contribution < -0.4 is 5.56 Å². The molecule has 1 N–H and O–H groups in total. The summed E-state index contributed by atoms with van der Waals surface area (Å²) in [4.78, 5) is 39.6. The number of hydrogen-bond acceptors (Lipinski definition) is 6. The molecule has 0 aliphatic rings. The number of carbonyl (C=O) groups is 2. The van der Waals surface area contributed by atoms with Gasteiger partial charge in [-0.3, -0.25) is 4.79 Å². The van der Waals surface area contributed by atoms with Crippen molar-refractivity contribution in [1.82, 2.24) is 9.97 Å². The van der Waals surface area contributed by atoms with Gasteiger partial charge < -0.3 is 14.5 Å². The van der Waals surface area contributed by atoms with E-state index in [1.54, 1.807) is 19.9 Å². The third-order valence-electron chi connectivity index (χ3n) is 2.68. The molecule has 0 aliphatic heterocycles. The Balaban J connectivity index is 0.000000260. The maximum Gasteiger partial charge on any atom is 0.339 e. The Morgan fingerprint density at radius 1 is 1.00 bits per heavy atom. The Morgan fingerprint density at radius 2 is 1.54 bits per heavy atom. The highest BCUT2D eigenvalue weighted by atomic mass is 79.9. The van der Waals surface area contributed by atoms with Gasteiger partial charge in [-0.2, -0.15) is 0 Å². The molecule has 0 spiro atoms. The summed E-state index contributed by atoms with van der Waals surface area (Å²) in [6, 6.07) is 3.09. The first-order valence-corrected chi connectivity index (χ1v) is 9.71. The molecule has 10 heteroatoms. The van der Waals surface area contributed by atoms with E-state index in [9.17, 15) is 14.4 Å². The molecule has 2 rings (SSSR count). The van der Waals surface area contributed by atoms with Crippen molar-refractivity contribution >= 4 is 59.7 Å². The number of H-pyrrole nitrogens is 1. The van der Waals surface area contributed by atoms with E-state index in [2.05, 4.69) is 57.8 Å². The van der Waals surface area contributed by atoms with E-state index in [-0.39, 0.29) is 11.5 Å². The molecule has 140 valence electrons. The van der Waals surface area contributed by atoms with Crippen LogP contribution in [0.1, 0.15) is 34.6 Å². The minimum atomic E-state index is -0.445. The largest absolute Gasteiger partial charge is 0.462 e. The second-order valence-electron chi connectivity index (χ2n) is 4.50. The second-order valence-corrected chi connectivity index (χ2v) is 6.96. The standard InChI is InChI=1S/C8H7Br2NO2.C8H8BrNO3/c1-2-13-8(12)5-3-6(9)7(10)11-4-5;1-2-13-8(12)5-3-6(9)7(11)10-4-5/h3-4H,2H2,1H3;3-4H,2H2,1H3,(H,10,11). The molecule has 0 aliphatic carbocycles. The van der Waals surface area contributed by atoms with Crippen molar-refractivity contribution in [1.29, 1.82) is 0 Å². The van der Waals surface area contributed by atoms with E-state index >= 15 is 0 Å². The lowest BCUT2D eigenvalue weighted by Gasteiger charge is -2.01. The van der Waals surface area contributed by atoms with Crippen LogP contribution in [0, 0.1) is 0 Å². The molecule has 0 radical (unpaired) electrons. The average Bonchev–Trinajstić information content (AvgIpc) is 2.60. The zero-order valence-corrected chi connectivity index (χ0v) is 18.6. The molecule has 7 nitrogen and oxygen atoms in total. The molecule has 2 heterocycles. The highest BCUT2D eigenvalue weighted by Crippen LogP contribution is 2.21. The van der Waals surface area contributed by atoms with Crippen molar-refractivity contribution in [3.63, 3.8) is 0 Å². The Bertz CT molecular complexity index is 839. The average molecular weight is 555 g/mol. The lowest BCUT2D eigenvalue weighted by Crippen LogP contribution is -2.11. The van der Waals surface area contributed by atoms with Gasteiger partial charge >= 0.3 is 11.9 Å². The quantitative estimate of drug-likeness (QED) is 0.451. The maximum absolute atomic E-state index is 11.2. The molecule has 0 fully saturated rings. The maximum atomic E-state index is 11.2. The van der Waals surface area contributed by atoms with Gasteiger partial charge in [0.15, 0.2) is 0 Å². The molecule has 0 amide bonds. The molecule has 0 unspecified atom stereocenters. The Labute approximate surface area is 174 Å². The minimum Gasteiger partial charge on any atom is -0.462 e. The van der Waals surface area contributed by atoms with E-state index in [1.165, 1.54) is 18.5 Å². The smallest absolute Gasteiger partial charge is 0.339 e. The molecule has 0 saturated heterocycles. The van der Waals surface area contributed by atoms with Crippen molar-refractivity contribution < 1.29 is 19.1 Å². The van der Waals surface area contributed by atoms with Crippen LogP contribution in [0.15, 0.2) is 42.9 Å². The third kappa shape index (κ3) is 7.00. The lowest BCUT2D eigenvalue weighted by molar-refractivity contribution is 0.0516. The van der Waals surface area contributed by atoms with Crippen LogP contribution in [0.2, 0.25) is 0 Å². The van der Waals surface area contributed by atoms with Gasteiger partial charge in [0.2, 0.25) is 0 Å². The SMILES string of the molecule is CCOC(=O)c1c[nH]c(=O)c(Br)c1.CCOC(=O)c1cnc(Br)c(Br)c1. The highest BCUT2D eigenvalue weighted by Gasteiger charge is 2.09. The van der Waals surface area contributed by atoms with Gasteiger partial charge in [0, 0.05) is 12.4 Å². The third-order valence-corrected chi connectivity index (χ3v) is 5.03. The van der Waals surface area contributed by atoms with Gasteiger partial charge in [0.05, 0.1) is 33.3 Å². The number of carbonyl (C=O) groups excluding carboxylic acids is 2. The fraction of sp³-hybridized carbons (Fsp3) is 0.250. The van der Waals surface area contributed by atoms with Gasteiger partial charge in [-0.25, -0.2) is 14.6 Å². The van der Waals surface area contributed by atoms with Crippen molar-refractivity contribution in [2.24, 2.45) is 0 Å². The van der Waals surface area contributed by atoms with Crippen molar-refractivity contribution in [2.45, 2.75) is 13.8 Å². The number of nitrogens with one attached hydrogen (secondary N) is 1. The van der Waals surface area contributed by atoms with Crippen LogP contribution in [0.25, 0.3) is 0 Å². The summed E-state index contributed by atoms with van der Waals surface area (Å²) in [7, 11) is 0. The summed E-state index contributed by atoms with van der Waals surface area (Å²) in [6.07, 6.45) is 2.79. The van der Waals surface area contributed by atoms with Gasteiger partial charge in [0.1, 0.15) is 4.60 Å². The Morgan fingerprint density at radius 3 is 2.04 bits per heavy atom. The van der Waals surface area contributed by atoms with E-state index in [0.717, 1.165) is 4.47 Å². The van der Waals surface area contributed by atoms with E-state index in [1.807, 2.05) is 0 Å². The Kier molecular flexibility index (Phi) is 9.74. The van der Waals surface area contributed by atoms with Gasteiger partial charge in [-0.15, -0.1) is 0 Å². The monoisotopic (exact) mass is 552 g/mol. The minimum absolute atomic E-state index is 0.270. The first kappa shape index (κ1) is 22.5. The number of ether oxygens (including phenoxy) is 2. The Hall–Kier alpha value is -1.52. The zero-order valence-electron chi connectivity index (χ0n) is 13.8. The normalized spacial score (nSPS) is 9.73. The zero-order chi connectivity index (χ0) is 19.7. The van der Waals surface area contributed by atoms with E-state index in [0.29, 0.717) is 33.4 Å². The number of esters is 2. The molecule has 0 aromatic carbocycles. The number of nitrogens with zero attached hydrogens (tertiary/aromatic N) is 1. The molecular formula is C16H15Br3N2O5. The van der Waals surface area contributed by atoms with E-state index < -0.39 is 5.97 Å². The number of hydrogen-bond donors (Lipinski definition) is 1. The van der Waals surface area contributed by atoms with Crippen molar-refractivity contribution in [2.75, 3.05) is 13.2 Å². The predicted molar refractivity (Wildman–Crippen MR) is 106 cm³/mol. The topological polar surface area (TPSA) is 98.4 Å². The molecule has 0 atom stereocenters. The first-order chi connectivity index (χ1) is 12.3. The molecule has 26 heavy (non-hydrogen) atoms. The molecule has 0 saturated carbocycles. The predicted octanol–water partition coefficient (Wildman–Crippen LogP) is 4.10. The number of aromatic amines is 1. The van der Waals surface area contributed by atoms with Crippen molar-refractivity contribution in [3.05, 3.63) is 59.6 Å². The molecule has 0 bridgehead atoms. The second kappa shape index (κ2) is 11.2. The van der Waals surface area contributed by atoms with E-state index in [4.69, 9.17) is 9.47 Å². The summed E-state index contributed by atoms with van der Waals surface area (Å²) >= 11 is 9.47. The number of halogens is 3. The van der Waals surface area contributed by atoms with Crippen LogP contribution in [0.4, 0.5) is 0 Å². The van der Waals surface area contributed by atoms with Crippen LogP contribution in [0.5, 0.6) is 0 Å². The molecular weight excluding hydrogens is 540 g/mol. The van der Waals surface area contributed by atoms with Gasteiger partial charge in [-0.05, 0) is 73.8 Å². The summed E-state index contributed by atoms with van der Waals surface area (Å²) in [5.41, 5.74) is 0.498. The number of pyridine rings is 2. The van der Waals surface area contributed by atoms with Crippen LogP contribution in [-0.4, -0.2) is 35.1 Å². The number of rotatable bonds is 4. The molecule has 2 aromatic heterocycles. The summed E-state index contributed by atoms with van der Waals surface area (Å²) in [5.74, 6) is -0.803.